The van der Waals surface area contributed by atoms with Crippen LogP contribution >= 0.6 is 0 Å². The van der Waals surface area contributed by atoms with Gasteiger partial charge in [-0.3, -0.25) is 4.79 Å². The summed E-state index contributed by atoms with van der Waals surface area (Å²) >= 11 is 0. The molecule has 100 valence electrons. The van der Waals surface area contributed by atoms with E-state index in [2.05, 4.69) is 27.7 Å². The lowest BCUT2D eigenvalue weighted by Crippen LogP contribution is -2.67. The zero-order chi connectivity index (χ0) is 13.4. The van der Waals surface area contributed by atoms with E-state index in [9.17, 15) is 4.79 Å². The second kappa shape index (κ2) is 3.13. The van der Waals surface area contributed by atoms with E-state index in [1.54, 1.807) is 0 Å². The predicted molar refractivity (Wildman–Crippen MR) is 67.1 cm³/mol. The fourth-order valence-electron chi connectivity index (χ4n) is 3.64. The van der Waals surface area contributed by atoms with Gasteiger partial charge in [0.2, 0.25) is 0 Å². The highest BCUT2D eigenvalue weighted by Crippen LogP contribution is 2.81. The second-order valence-electron chi connectivity index (χ2n) is 7.25. The topological polar surface area (TPSA) is 44.8 Å². The van der Waals surface area contributed by atoms with Gasteiger partial charge >= 0.3 is 13.1 Å². The summed E-state index contributed by atoms with van der Waals surface area (Å²) in [6, 6.07) is 0. The third kappa shape index (κ3) is 1.27. The minimum Gasteiger partial charge on any atom is -0.469 e. The summed E-state index contributed by atoms with van der Waals surface area (Å²) in [4.78, 5) is 11.7. The van der Waals surface area contributed by atoms with E-state index in [0.717, 1.165) is 19.3 Å². The predicted octanol–water partition coefficient (Wildman–Crippen LogP) is 2.18. The van der Waals surface area contributed by atoms with Gasteiger partial charge in [0.1, 0.15) is 0 Å². The molecule has 1 heterocycles. The molecule has 0 aromatic rings. The summed E-state index contributed by atoms with van der Waals surface area (Å²) in [5.74, 6) is -0.0686. The Hall–Kier alpha value is -0.545. The van der Waals surface area contributed by atoms with Crippen molar-refractivity contribution in [2.75, 3.05) is 7.11 Å². The summed E-state index contributed by atoms with van der Waals surface area (Å²) in [5.41, 5.74) is -0.796. The molecule has 4 aliphatic rings. The zero-order valence-electron chi connectivity index (χ0n) is 11.8. The fourth-order valence-corrected chi connectivity index (χ4v) is 3.64. The molecular weight excluding hydrogens is 231 g/mol. The maximum atomic E-state index is 11.7. The third-order valence-electron chi connectivity index (χ3n) is 5.44. The largest absolute Gasteiger partial charge is 0.469 e. The number of methoxy groups -OCH3 is 1. The average Bonchev–Trinajstić information content (AvgIpc) is 2.31. The molecule has 1 aliphatic heterocycles. The Morgan fingerprint density at radius 3 is 1.89 bits per heavy atom. The summed E-state index contributed by atoms with van der Waals surface area (Å²) in [6.45, 7) is 8.26. The summed E-state index contributed by atoms with van der Waals surface area (Å²) < 4.78 is 17.0. The van der Waals surface area contributed by atoms with Gasteiger partial charge in [-0.25, -0.2) is 0 Å². The van der Waals surface area contributed by atoms with Crippen LogP contribution in [-0.2, 0) is 18.8 Å². The maximum Gasteiger partial charge on any atom is 0.464 e. The van der Waals surface area contributed by atoms with Crippen LogP contribution in [0.3, 0.4) is 0 Å². The Morgan fingerprint density at radius 2 is 1.50 bits per heavy atom. The maximum absolute atomic E-state index is 11.7. The fraction of sp³-hybridized carbons (Fsp3) is 0.923. The van der Waals surface area contributed by atoms with Gasteiger partial charge in [0.15, 0.2) is 0 Å². The van der Waals surface area contributed by atoms with Crippen LogP contribution in [0.5, 0.6) is 0 Å². The second-order valence-corrected chi connectivity index (χ2v) is 7.25. The molecule has 4 rings (SSSR count). The van der Waals surface area contributed by atoms with Crippen molar-refractivity contribution >= 4 is 13.1 Å². The molecule has 0 spiro atoms. The highest BCUT2D eigenvalue weighted by Gasteiger charge is 2.79. The van der Waals surface area contributed by atoms with Crippen molar-refractivity contribution in [3.8, 4) is 0 Å². The van der Waals surface area contributed by atoms with Gasteiger partial charge < -0.3 is 14.0 Å². The number of hydrogen-bond donors (Lipinski definition) is 0. The normalized spacial score (nSPS) is 43.1. The van der Waals surface area contributed by atoms with Crippen LogP contribution in [0.25, 0.3) is 0 Å². The molecule has 0 amide bonds. The standard InChI is InChI=1S/C13H21BO4/c1-10(2)11(3,4)18-14(17-10)13-6-12(7-13,8-13)9(15)16-5/h6-8H2,1-5H3. The first kappa shape index (κ1) is 12.5. The molecule has 0 unspecified atom stereocenters. The Kier molecular flexibility index (Phi) is 2.17. The molecule has 4 fully saturated rings. The molecule has 5 heteroatoms. The zero-order valence-corrected chi connectivity index (χ0v) is 11.8. The molecule has 0 N–H and O–H groups in total. The van der Waals surface area contributed by atoms with E-state index in [4.69, 9.17) is 14.0 Å². The van der Waals surface area contributed by atoms with Crippen molar-refractivity contribution in [3.05, 3.63) is 0 Å². The number of ether oxygens (including phenoxy) is 1. The van der Waals surface area contributed by atoms with Gasteiger partial charge in [0, 0.05) is 5.31 Å². The van der Waals surface area contributed by atoms with Crippen molar-refractivity contribution in [1.29, 1.82) is 0 Å². The Balaban J connectivity index is 1.70. The van der Waals surface area contributed by atoms with E-state index < -0.39 is 0 Å². The molecule has 3 saturated carbocycles. The van der Waals surface area contributed by atoms with Crippen molar-refractivity contribution in [2.24, 2.45) is 5.41 Å². The average molecular weight is 252 g/mol. The first-order valence-electron chi connectivity index (χ1n) is 6.61. The summed E-state index contributed by atoms with van der Waals surface area (Å²) in [7, 11) is 1.29. The first-order valence-corrected chi connectivity index (χ1v) is 6.61. The van der Waals surface area contributed by atoms with Crippen molar-refractivity contribution in [3.63, 3.8) is 0 Å². The van der Waals surface area contributed by atoms with Gasteiger partial charge in [0.05, 0.1) is 23.7 Å². The smallest absolute Gasteiger partial charge is 0.464 e. The lowest BCUT2D eigenvalue weighted by atomic mass is 9.24. The molecule has 0 atom stereocenters. The number of esters is 1. The van der Waals surface area contributed by atoms with Crippen molar-refractivity contribution < 1.29 is 18.8 Å². The van der Waals surface area contributed by atoms with Crippen LogP contribution in [0.1, 0.15) is 47.0 Å². The molecule has 0 aromatic heterocycles. The summed E-state index contributed by atoms with van der Waals surface area (Å²) in [6.07, 6.45) is 2.55. The van der Waals surface area contributed by atoms with Gasteiger partial charge in [-0.05, 0) is 47.0 Å². The molecule has 2 bridgehead atoms. The molecule has 0 aromatic carbocycles. The van der Waals surface area contributed by atoms with Crippen LogP contribution in [0.15, 0.2) is 0 Å². The van der Waals surface area contributed by atoms with Crippen molar-refractivity contribution in [2.45, 2.75) is 63.5 Å². The highest BCUT2D eigenvalue weighted by molar-refractivity contribution is 6.51. The molecule has 4 nitrogen and oxygen atoms in total. The first-order chi connectivity index (χ1) is 8.16. The lowest BCUT2D eigenvalue weighted by Gasteiger charge is -2.68. The molecule has 1 saturated heterocycles. The Bertz CT molecular complexity index is 379. The van der Waals surface area contributed by atoms with E-state index in [1.807, 2.05) is 0 Å². The monoisotopic (exact) mass is 252 g/mol. The lowest BCUT2D eigenvalue weighted by molar-refractivity contribution is -0.187. The third-order valence-corrected chi connectivity index (χ3v) is 5.44. The Morgan fingerprint density at radius 1 is 1.06 bits per heavy atom. The molecule has 0 radical (unpaired) electrons. The molecule has 3 aliphatic carbocycles. The van der Waals surface area contributed by atoms with E-state index in [-0.39, 0.29) is 35.0 Å². The minimum absolute atomic E-state index is 0.0548. The van der Waals surface area contributed by atoms with Gasteiger partial charge in [-0.2, -0.15) is 0 Å². The number of carbonyl (C=O) groups excluding carboxylic acids is 1. The van der Waals surface area contributed by atoms with Gasteiger partial charge in [-0.15, -0.1) is 0 Å². The quantitative estimate of drug-likeness (QED) is 0.558. The van der Waals surface area contributed by atoms with Gasteiger partial charge in [-0.1, -0.05) is 0 Å². The SMILES string of the molecule is COC(=O)C12CC(B3OC(C)(C)C(C)(C)O3)(C1)C2. The summed E-state index contributed by atoms with van der Waals surface area (Å²) in [5, 5.41) is 0.0548. The van der Waals surface area contributed by atoms with Crippen LogP contribution in [-0.4, -0.2) is 31.4 Å². The van der Waals surface area contributed by atoms with Crippen LogP contribution in [0.4, 0.5) is 0 Å². The number of carbonyl (C=O) groups is 1. The molecule has 18 heavy (non-hydrogen) atoms. The highest BCUT2D eigenvalue weighted by atomic mass is 16.7. The number of rotatable bonds is 2. The number of hydrogen-bond acceptors (Lipinski definition) is 4. The van der Waals surface area contributed by atoms with Crippen LogP contribution in [0.2, 0.25) is 5.31 Å². The molecular formula is C13H21BO4. The van der Waals surface area contributed by atoms with Crippen LogP contribution in [0, 0.1) is 5.41 Å². The van der Waals surface area contributed by atoms with Crippen LogP contribution < -0.4 is 0 Å². The Labute approximate surface area is 108 Å². The van der Waals surface area contributed by atoms with E-state index in [0.29, 0.717) is 0 Å². The van der Waals surface area contributed by atoms with Gasteiger partial charge in [0.25, 0.3) is 0 Å². The minimum atomic E-state index is -0.286. The van der Waals surface area contributed by atoms with Crippen molar-refractivity contribution in [1.82, 2.24) is 0 Å². The van der Waals surface area contributed by atoms with E-state index in [1.165, 1.54) is 7.11 Å². The van der Waals surface area contributed by atoms with E-state index >= 15 is 0 Å².